The maximum absolute atomic E-state index is 12.3. The van der Waals surface area contributed by atoms with Gasteiger partial charge in [-0.05, 0) is 42.7 Å². The van der Waals surface area contributed by atoms with Crippen LogP contribution in [0, 0.1) is 0 Å². The van der Waals surface area contributed by atoms with Crippen LogP contribution in [-0.2, 0) is 14.9 Å². The molecule has 0 saturated heterocycles. The third-order valence-electron chi connectivity index (χ3n) is 3.89. The van der Waals surface area contributed by atoms with E-state index in [0.717, 1.165) is 11.3 Å². The lowest BCUT2D eigenvalue weighted by Gasteiger charge is -2.23. The van der Waals surface area contributed by atoms with Crippen LogP contribution in [0.1, 0.15) is 43.6 Å². The molecule has 1 heterocycles. The Bertz CT molecular complexity index is 843. The van der Waals surface area contributed by atoms with Crippen molar-refractivity contribution in [2.45, 2.75) is 33.1 Å². The number of carbonyl (C=O) groups is 2. The number of anilines is 1. The van der Waals surface area contributed by atoms with Gasteiger partial charge in [-0.2, -0.15) is 0 Å². The SMILES string of the molecule is CCOC(=O)c1ccnc(NC(=O)COc2ccc(OC)cc2C(C)(C)C)c1. The van der Waals surface area contributed by atoms with Gasteiger partial charge in [-0.1, -0.05) is 20.8 Å². The van der Waals surface area contributed by atoms with E-state index >= 15 is 0 Å². The topological polar surface area (TPSA) is 86.8 Å². The first-order valence-electron chi connectivity index (χ1n) is 8.99. The lowest BCUT2D eigenvalue weighted by molar-refractivity contribution is -0.118. The lowest BCUT2D eigenvalue weighted by atomic mass is 9.86. The van der Waals surface area contributed by atoms with Crippen molar-refractivity contribution in [2.24, 2.45) is 0 Å². The van der Waals surface area contributed by atoms with Crippen LogP contribution in [0.5, 0.6) is 11.5 Å². The Morgan fingerprint density at radius 1 is 1.14 bits per heavy atom. The zero-order chi connectivity index (χ0) is 20.7. The molecule has 0 aliphatic heterocycles. The molecule has 1 aromatic carbocycles. The predicted octanol–water partition coefficient (Wildman–Crippen LogP) is 3.58. The maximum Gasteiger partial charge on any atom is 0.338 e. The van der Waals surface area contributed by atoms with E-state index in [2.05, 4.69) is 31.1 Å². The molecular weight excluding hydrogens is 360 g/mol. The second kappa shape index (κ2) is 9.21. The Balaban J connectivity index is 2.05. The van der Waals surface area contributed by atoms with Gasteiger partial charge in [0.25, 0.3) is 5.91 Å². The van der Waals surface area contributed by atoms with Gasteiger partial charge in [0.1, 0.15) is 17.3 Å². The van der Waals surface area contributed by atoms with E-state index in [4.69, 9.17) is 14.2 Å². The number of carbonyl (C=O) groups excluding carboxylic acids is 2. The molecule has 7 heteroatoms. The molecule has 0 unspecified atom stereocenters. The van der Waals surface area contributed by atoms with Crippen molar-refractivity contribution < 1.29 is 23.8 Å². The summed E-state index contributed by atoms with van der Waals surface area (Å²) in [5.74, 6) is 0.734. The number of pyridine rings is 1. The summed E-state index contributed by atoms with van der Waals surface area (Å²) in [6.07, 6.45) is 1.43. The summed E-state index contributed by atoms with van der Waals surface area (Å²) in [6, 6.07) is 8.46. The van der Waals surface area contributed by atoms with Crippen LogP contribution < -0.4 is 14.8 Å². The van der Waals surface area contributed by atoms with E-state index in [1.807, 2.05) is 6.07 Å². The minimum Gasteiger partial charge on any atom is -0.497 e. The van der Waals surface area contributed by atoms with Gasteiger partial charge >= 0.3 is 5.97 Å². The van der Waals surface area contributed by atoms with Crippen molar-refractivity contribution >= 4 is 17.7 Å². The molecule has 150 valence electrons. The maximum atomic E-state index is 12.3. The molecule has 28 heavy (non-hydrogen) atoms. The van der Waals surface area contributed by atoms with Crippen LogP contribution in [0.15, 0.2) is 36.5 Å². The summed E-state index contributed by atoms with van der Waals surface area (Å²) < 4.78 is 15.9. The van der Waals surface area contributed by atoms with Crippen molar-refractivity contribution in [1.82, 2.24) is 4.98 Å². The quantitative estimate of drug-likeness (QED) is 0.732. The van der Waals surface area contributed by atoms with Crippen LogP contribution in [0.3, 0.4) is 0 Å². The number of ether oxygens (including phenoxy) is 3. The second-order valence-corrected chi connectivity index (χ2v) is 7.10. The summed E-state index contributed by atoms with van der Waals surface area (Å²) in [5.41, 5.74) is 1.07. The average Bonchev–Trinajstić information content (AvgIpc) is 2.66. The molecule has 0 aliphatic rings. The largest absolute Gasteiger partial charge is 0.497 e. The number of amides is 1. The van der Waals surface area contributed by atoms with Crippen LogP contribution in [0.25, 0.3) is 0 Å². The van der Waals surface area contributed by atoms with E-state index in [1.165, 1.54) is 18.3 Å². The molecule has 0 atom stereocenters. The van der Waals surface area contributed by atoms with Gasteiger partial charge in [0.05, 0.1) is 19.3 Å². The summed E-state index contributed by atoms with van der Waals surface area (Å²) >= 11 is 0. The number of methoxy groups -OCH3 is 1. The van der Waals surface area contributed by atoms with Crippen LogP contribution in [0.2, 0.25) is 0 Å². The zero-order valence-electron chi connectivity index (χ0n) is 16.9. The van der Waals surface area contributed by atoms with Crippen molar-refractivity contribution in [2.75, 3.05) is 25.6 Å². The Kier molecular flexibility index (Phi) is 6.98. The predicted molar refractivity (Wildman–Crippen MR) is 106 cm³/mol. The summed E-state index contributed by atoms with van der Waals surface area (Å²) in [6.45, 7) is 7.97. The number of hydrogen-bond donors (Lipinski definition) is 1. The molecule has 1 N–H and O–H groups in total. The van der Waals surface area contributed by atoms with Crippen LogP contribution in [0.4, 0.5) is 5.82 Å². The van der Waals surface area contributed by atoms with E-state index in [1.54, 1.807) is 26.2 Å². The minimum absolute atomic E-state index is 0.185. The molecule has 0 radical (unpaired) electrons. The molecule has 0 aliphatic carbocycles. The molecule has 7 nitrogen and oxygen atoms in total. The summed E-state index contributed by atoms with van der Waals surface area (Å²) in [4.78, 5) is 28.1. The number of nitrogens with zero attached hydrogens (tertiary/aromatic N) is 1. The molecule has 0 spiro atoms. The molecule has 0 saturated carbocycles. The third-order valence-corrected chi connectivity index (χ3v) is 3.89. The standard InChI is InChI=1S/C21H26N2O5/c1-6-27-20(25)14-9-10-22-18(11-14)23-19(24)13-28-17-8-7-15(26-5)12-16(17)21(2,3)4/h7-12H,6,13H2,1-5H3,(H,22,23,24). The summed E-state index contributed by atoms with van der Waals surface area (Å²) in [7, 11) is 1.60. The van der Waals surface area contributed by atoms with Gasteiger partial charge in [-0.15, -0.1) is 0 Å². The minimum atomic E-state index is -0.468. The Hall–Kier alpha value is -3.09. The van der Waals surface area contributed by atoms with Gasteiger partial charge in [0, 0.05) is 11.8 Å². The van der Waals surface area contributed by atoms with E-state index in [-0.39, 0.29) is 30.4 Å². The highest BCUT2D eigenvalue weighted by Crippen LogP contribution is 2.34. The molecule has 2 rings (SSSR count). The Morgan fingerprint density at radius 2 is 1.89 bits per heavy atom. The fraction of sp³-hybridized carbons (Fsp3) is 0.381. The monoisotopic (exact) mass is 386 g/mol. The number of esters is 1. The zero-order valence-corrected chi connectivity index (χ0v) is 16.9. The van der Waals surface area contributed by atoms with Gasteiger partial charge in [0.15, 0.2) is 6.61 Å². The van der Waals surface area contributed by atoms with Gasteiger partial charge in [-0.25, -0.2) is 9.78 Å². The van der Waals surface area contributed by atoms with Crippen molar-refractivity contribution in [3.05, 3.63) is 47.7 Å². The number of aromatic nitrogens is 1. The molecule has 2 aromatic rings. The van der Waals surface area contributed by atoms with E-state index in [9.17, 15) is 9.59 Å². The highest BCUT2D eigenvalue weighted by Gasteiger charge is 2.20. The first-order valence-corrected chi connectivity index (χ1v) is 8.99. The molecule has 0 fully saturated rings. The van der Waals surface area contributed by atoms with Gasteiger partial charge in [-0.3, -0.25) is 4.79 Å². The number of hydrogen-bond acceptors (Lipinski definition) is 6. The average molecular weight is 386 g/mol. The number of nitrogens with one attached hydrogen (secondary N) is 1. The fourth-order valence-electron chi connectivity index (χ4n) is 2.51. The molecule has 1 amide bonds. The molecular formula is C21H26N2O5. The first-order chi connectivity index (χ1) is 13.2. The highest BCUT2D eigenvalue weighted by molar-refractivity contribution is 5.94. The lowest BCUT2D eigenvalue weighted by Crippen LogP contribution is -2.22. The van der Waals surface area contributed by atoms with E-state index in [0.29, 0.717) is 11.3 Å². The van der Waals surface area contributed by atoms with Gasteiger partial charge in [0.2, 0.25) is 0 Å². The normalized spacial score (nSPS) is 10.9. The van der Waals surface area contributed by atoms with Crippen molar-refractivity contribution in [3.63, 3.8) is 0 Å². The summed E-state index contributed by atoms with van der Waals surface area (Å²) in [5, 5.41) is 2.62. The van der Waals surface area contributed by atoms with E-state index < -0.39 is 5.97 Å². The fourth-order valence-corrected chi connectivity index (χ4v) is 2.51. The molecule has 0 bridgehead atoms. The van der Waals surface area contributed by atoms with Crippen molar-refractivity contribution in [3.8, 4) is 11.5 Å². The second-order valence-electron chi connectivity index (χ2n) is 7.10. The van der Waals surface area contributed by atoms with Crippen LogP contribution in [-0.4, -0.2) is 37.2 Å². The number of rotatable bonds is 7. The van der Waals surface area contributed by atoms with Crippen LogP contribution >= 0.6 is 0 Å². The van der Waals surface area contributed by atoms with Crippen molar-refractivity contribution in [1.29, 1.82) is 0 Å². The van der Waals surface area contributed by atoms with Gasteiger partial charge < -0.3 is 19.5 Å². The smallest absolute Gasteiger partial charge is 0.338 e. The molecule has 1 aromatic heterocycles. The Labute approximate surface area is 165 Å². The number of benzene rings is 1. The highest BCUT2D eigenvalue weighted by atomic mass is 16.5. The Morgan fingerprint density at radius 3 is 2.54 bits per heavy atom. The third kappa shape index (κ3) is 5.70. The first kappa shape index (κ1) is 21.2.